The average molecular weight is 363 g/mol. The Labute approximate surface area is 155 Å². The molecule has 136 valence electrons. The van der Waals surface area contributed by atoms with Crippen molar-refractivity contribution in [3.05, 3.63) is 71.8 Å². The molecule has 0 aliphatic heterocycles. The number of nitrogens with zero attached hydrogens (tertiary/aromatic N) is 4. The molecule has 4 aromatic rings. The summed E-state index contributed by atoms with van der Waals surface area (Å²) in [6, 6.07) is 13.7. The Morgan fingerprint density at radius 2 is 1.89 bits per heavy atom. The molecule has 2 aromatic carbocycles. The summed E-state index contributed by atoms with van der Waals surface area (Å²) in [6.07, 6.45) is 1.51. The second-order valence-corrected chi connectivity index (χ2v) is 6.15. The number of benzene rings is 2. The van der Waals surface area contributed by atoms with Crippen LogP contribution in [0.3, 0.4) is 0 Å². The summed E-state index contributed by atoms with van der Waals surface area (Å²) in [5.74, 6) is -0.108. The number of hydrogen-bond donors (Lipinski definition) is 1. The summed E-state index contributed by atoms with van der Waals surface area (Å²) < 4.78 is 16.7. The number of fused-ring (bicyclic) bond motifs is 1. The number of anilines is 1. The summed E-state index contributed by atoms with van der Waals surface area (Å²) in [6.45, 7) is 4.49. The number of imidazole rings is 1. The molecule has 7 heteroatoms. The highest BCUT2D eigenvalue weighted by Crippen LogP contribution is 2.21. The predicted octanol–water partition coefficient (Wildman–Crippen LogP) is 3.94. The molecule has 0 aliphatic carbocycles. The topological polar surface area (TPSA) is 64.7 Å². The van der Waals surface area contributed by atoms with Crippen LogP contribution in [0.2, 0.25) is 0 Å². The molecule has 0 atom stereocenters. The SMILES string of the molecule is CCn1c(NC(=O)c2cnn(-c3ccc(F)cc3)c2C)nc2ccccc21. The number of aromatic nitrogens is 4. The summed E-state index contributed by atoms with van der Waals surface area (Å²) in [7, 11) is 0. The van der Waals surface area contributed by atoms with Crippen molar-refractivity contribution in [2.45, 2.75) is 20.4 Å². The standard InChI is InChI=1S/C20H18FN5O/c1-3-25-18-7-5-4-6-17(18)23-20(25)24-19(27)16-12-22-26(13(16)2)15-10-8-14(21)9-11-15/h4-12H,3H2,1-2H3,(H,23,24,27). The molecule has 1 N–H and O–H groups in total. The van der Waals surface area contributed by atoms with E-state index in [0.717, 1.165) is 11.0 Å². The van der Waals surface area contributed by atoms with Crippen molar-refractivity contribution in [2.75, 3.05) is 5.32 Å². The molecule has 0 aliphatic rings. The molecule has 6 nitrogen and oxygen atoms in total. The van der Waals surface area contributed by atoms with Gasteiger partial charge in [-0.15, -0.1) is 0 Å². The van der Waals surface area contributed by atoms with Crippen LogP contribution in [0.25, 0.3) is 16.7 Å². The van der Waals surface area contributed by atoms with Gasteiger partial charge in [-0.3, -0.25) is 10.1 Å². The number of carbonyl (C=O) groups is 1. The highest BCUT2D eigenvalue weighted by atomic mass is 19.1. The molecule has 0 bridgehead atoms. The van der Waals surface area contributed by atoms with Gasteiger partial charge in [-0.1, -0.05) is 12.1 Å². The van der Waals surface area contributed by atoms with Gasteiger partial charge in [0.05, 0.1) is 34.2 Å². The van der Waals surface area contributed by atoms with Gasteiger partial charge in [0.1, 0.15) is 5.82 Å². The number of rotatable bonds is 4. The smallest absolute Gasteiger partial charge is 0.261 e. The molecule has 0 spiro atoms. The van der Waals surface area contributed by atoms with Gasteiger partial charge in [0.2, 0.25) is 5.95 Å². The molecule has 0 fully saturated rings. The highest BCUT2D eigenvalue weighted by Gasteiger charge is 2.18. The van der Waals surface area contributed by atoms with E-state index in [9.17, 15) is 9.18 Å². The lowest BCUT2D eigenvalue weighted by molar-refractivity contribution is 0.102. The molecule has 4 rings (SSSR count). The molecule has 1 amide bonds. The van der Waals surface area contributed by atoms with Gasteiger partial charge in [-0.25, -0.2) is 14.1 Å². The zero-order valence-electron chi connectivity index (χ0n) is 15.0. The number of nitrogens with one attached hydrogen (secondary N) is 1. The Bertz CT molecular complexity index is 1130. The van der Waals surface area contributed by atoms with Crippen molar-refractivity contribution < 1.29 is 9.18 Å². The second-order valence-electron chi connectivity index (χ2n) is 6.15. The van der Waals surface area contributed by atoms with E-state index in [1.54, 1.807) is 23.7 Å². The quantitative estimate of drug-likeness (QED) is 0.597. The van der Waals surface area contributed by atoms with Gasteiger partial charge >= 0.3 is 0 Å². The van der Waals surface area contributed by atoms with Crippen LogP contribution in [0.15, 0.2) is 54.7 Å². The van der Waals surface area contributed by atoms with Crippen molar-refractivity contribution in [2.24, 2.45) is 0 Å². The maximum Gasteiger partial charge on any atom is 0.261 e. The fourth-order valence-corrected chi connectivity index (χ4v) is 3.14. The Kier molecular flexibility index (Phi) is 4.19. The van der Waals surface area contributed by atoms with E-state index in [0.29, 0.717) is 29.4 Å². The van der Waals surface area contributed by atoms with Crippen molar-refractivity contribution in [3.63, 3.8) is 0 Å². The molecule has 0 unspecified atom stereocenters. The van der Waals surface area contributed by atoms with Crippen LogP contribution >= 0.6 is 0 Å². The first-order valence-corrected chi connectivity index (χ1v) is 8.65. The Morgan fingerprint density at radius 3 is 2.63 bits per heavy atom. The summed E-state index contributed by atoms with van der Waals surface area (Å²) in [4.78, 5) is 17.3. The minimum absolute atomic E-state index is 0.286. The summed E-state index contributed by atoms with van der Waals surface area (Å²) in [5.41, 5.74) is 3.59. The van der Waals surface area contributed by atoms with Crippen LogP contribution in [0.1, 0.15) is 23.0 Å². The van der Waals surface area contributed by atoms with Gasteiger partial charge in [0, 0.05) is 6.54 Å². The summed E-state index contributed by atoms with van der Waals surface area (Å²) >= 11 is 0. The molecule has 2 heterocycles. The van der Waals surface area contributed by atoms with Gasteiger partial charge in [-0.05, 0) is 50.2 Å². The minimum atomic E-state index is -0.319. The lowest BCUT2D eigenvalue weighted by Crippen LogP contribution is -2.16. The Hall–Kier alpha value is -3.48. The van der Waals surface area contributed by atoms with E-state index >= 15 is 0 Å². The van der Waals surface area contributed by atoms with Crippen LogP contribution in [0.5, 0.6) is 0 Å². The van der Waals surface area contributed by atoms with E-state index in [4.69, 9.17) is 0 Å². The van der Waals surface area contributed by atoms with E-state index in [2.05, 4.69) is 15.4 Å². The van der Waals surface area contributed by atoms with E-state index in [1.807, 2.05) is 35.8 Å². The predicted molar refractivity (Wildman–Crippen MR) is 102 cm³/mol. The van der Waals surface area contributed by atoms with Crippen LogP contribution in [0.4, 0.5) is 10.3 Å². The fourth-order valence-electron chi connectivity index (χ4n) is 3.14. The highest BCUT2D eigenvalue weighted by molar-refractivity contribution is 6.04. The molecular weight excluding hydrogens is 345 g/mol. The molecule has 0 saturated carbocycles. The minimum Gasteiger partial charge on any atom is -0.310 e. The van der Waals surface area contributed by atoms with E-state index < -0.39 is 0 Å². The first-order valence-electron chi connectivity index (χ1n) is 8.65. The van der Waals surface area contributed by atoms with Crippen LogP contribution < -0.4 is 5.32 Å². The number of hydrogen-bond acceptors (Lipinski definition) is 3. The van der Waals surface area contributed by atoms with E-state index in [-0.39, 0.29) is 11.7 Å². The largest absolute Gasteiger partial charge is 0.310 e. The van der Waals surface area contributed by atoms with Crippen molar-refractivity contribution in [1.29, 1.82) is 0 Å². The number of aryl methyl sites for hydroxylation is 1. The normalized spacial score (nSPS) is 11.1. The van der Waals surface area contributed by atoms with Gasteiger partial charge < -0.3 is 4.57 Å². The Balaban J connectivity index is 1.65. The van der Waals surface area contributed by atoms with Crippen LogP contribution in [0, 0.1) is 12.7 Å². The fraction of sp³-hybridized carbons (Fsp3) is 0.150. The summed E-state index contributed by atoms with van der Waals surface area (Å²) in [5, 5.41) is 7.15. The molecule has 0 saturated heterocycles. The lowest BCUT2D eigenvalue weighted by Gasteiger charge is -2.08. The van der Waals surface area contributed by atoms with Crippen LogP contribution in [-0.4, -0.2) is 25.2 Å². The first kappa shape index (κ1) is 17.0. The number of para-hydroxylation sites is 2. The van der Waals surface area contributed by atoms with Crippen LogP contribution in [-0.2, 0) is 6.54 Å². The lowest BCUT2D eigenvalue weighted by atomic mass is 10.2. The maximum atomic E-state index is 13.1. The maximum absolute atomic E-state index is 13.1. The van der Waals surface area contributed by atoms with Crippen molar-refractivity contribution in [1.82, 2.24) is 19.3 Å². The number of halogens is 1. The third kappa shape index (κ3) is 2.97. The monoisotopic (exact) mass is 363 g/mol. The first-order chi connectivity index (χ1) is 13.1. The molecular formula is C20H18FN5O. The molecule has 27 heavy (non-hydrogen) atoms. The molecule has 0 radical (unpaired) electrons. The zero-order chi connectivity index (χ0) is 19.0. The average Bonchev–Trinajstić information content (AvgIpc) is 3.22. The van der Waals surface area contributed by atoms with Gasteiger partial charge in [0.15, 0.2) is 0 Å². The Morgan fingerprint density at radius 1 is 1.15 bits per heavy atom. The number of amides is 1. The van der Waals surface area contributed by atoms with E-state index in [1.165, 1.54) is 18.3 Å². The zero-order valence-corrected chi connectivity index (χ0v) is 15.0. The van der Waals surface area contributed by atoms with Gasteiger partial charge in [-0.2, -0.15) is 5.10 Å². The van der Waals surface area contributed by atoms with Gasteiger partial charge in [0.25, 0.3) is 5.91 Å². The number of carbonyl (C=O) groups excluding carboxylic acids is 1. The molecule has 2 aromatic heterocycles. The van der Waals surface area contributed by atoms with Crippen molar-refractivity contribution in [3.8, 4) is 5.69 Å². The van der Waals surface area contributed by atoms with Crippen molar-refractivity contribution >= 4 is 22.9 Å². The third-order valence-corrected chi connectivity index (χ3v) is 4.52. The second kappa shape index (κ2) is 6.68. The third-order valence-electron chi connectivity index (χ3n) is 4.52.